The number of carbonyl (C=O) groups excluding carboxylic acids is 1. The molecule has 5 heteroatoms. The van der Waals surface area contributed by atoms with E-state index in [0.717, 1.165) is 0 Å². The van der Waals surface area contributed by atoms with Gasteiger partial charge >= 0.3 is 5.97 Å². The van der Waals surface area contributed by atoms with Crippen molar-refractivity contribution in [3.63, 3.8) is 0 Å². The first-order valence-electron chi connectivity index (χ1n) is 5.38. The van der Waals surface area contributed by atoms with E-state index in [1.165, 1.54) is 6.20 Å². The van der Waals surface area contributed by atoms with Gasteiger partial charge in [0.05, 0.1) is 18.1 Å². The molecule has 2 N–H and O–H groups in total. The maximum Gasteiger partial charge on any atom is 0.303 e. The van der Waals surface area contributed by atoms with Crippen LogP contribution in [0, 0.1) is 11.3 Å². The summed E-state index contributed by atoms with van der Waals surface area (Å²) in [7, 11) is 0. The molecule has 18 heavy (non-hydrogen) atoms. The minimum atomic E-state index is -1.01. The van der Waals surface area contributed by atoms with Gasteiger partial charge in [0.2, 0.25) is 0 Å². The van der Waals surface area contributed by atoms with Crippen molar-refractivity contribution in [2.75, 3.05) is 0 Å². The third-order valence-corrected chi connectivity index (χ3v) is 2.69. The number of H-pyrrole nitrogens is 1. The van der Waals surface area contributed by atoms with Crippen molar-refractivity contribution in [1.82, 2.24) is 4.98 Å². The number of aromatic amines is 1. The van der Waals surface area contributed by atoms with E-state index in [1.54, 1.807) is 18.2 Å². The zero-order valence-electron chi connectivity index (χ0n) is 9.43. The topological polar surface area (TPSA) is 94.0 Å². The number of hydrogen-bond donors (Lipinski definition) is 2. The number of carbonyl (C=O) groups is 2. The van der Waals surface area contributed by atoms with Gasteiger partial charge in [-0.25, -0.2) is 0 Å². The molecule has 0 fully saturated rings. The predicted molar refractivity (Wildman–Crippen MR) is 64.2 cm³/mol. The van der Waals surface area contributed by atoms with Crippen LogP contribution in [0.15, 0.2) is 24.4 Å². The lowest BCUT2D eigenvalue weighted by Gasteiger charge is -1.99. The normalized spacial score (nSPS) is 10.2. The molecule has 1 aromatic heterocycles. The highest BCUT2D eigenvalue weighted by molar-refractivity contribution is 6.10. The van der Waals surface area contributed by atoms with Crippen molar-refractivity contribution >= 4 is 22.7 Å². The average molecular weight is 242 g/mol. The minimum absolute atomic E-state index is 0.0674. The molecule has 1 heterocycles. The molecule has 0 aliphatic rings. The lowest BCUT2D eigenvalue weighted by Crippen LogP contribution is -2.03. The average Bonchev–Trinajstić information content (AvgIpc) is 2.79. The number of aromatic nitrogens is 1. The zero-order valence-corrected chi connectivity index (χ0v) is 9.43. The maximum absolute atomic E-state index is 11.9. The molecule has 5 nitrogen and oxygen atoms in total. The Balaban J connectivity index is 2.43. The first-order chi connectivity index (χ1) is 8.63. The van der Waals surface area contributed by atoms with Crippen LogP contribution in [0.2, 0.25) is 0 Å². The highest BCUT2D eigenvalue weighted by Crippen LogP contribution is 2.23. The molecule has 0 atom stereocenters. The Labute approximate surface area is 103 Å². The highest BCUT2D eigenvalue weighted by Gasteiger charge is 2.15. The number of aliphatic carboxylic acids is 1. The second kappa shape index (κ2) is 4.72. The van der Waals surface area contributed by atoms with Crippen molar-refractivity contribution in [3.8, 4) is 6.07 Å². The Morgan fingerprint density at radius 1 is 1.33 bits per heavy atom. The van der Waals surface area contributed by atoms with Crippen molar-refractivity contribution < 1.29 is 14.7 Å². The molecule has 1 aromatic carbocycles. The summed E-state index contributed by atoms with van der Waals surface area (Å²) in [5, 5.41) is 18.1. The van der Waals surface area contributed by atoms with Crippen LogP contribution < -0.4 is 0 Å². The summed E-state index contributed by atoms with van der Waals surface area (Å²) in [6, 6.07) is 7.15. The summed E-state index contributed by atoms with van der Waals surface area (Å²) in [4.78, 5) is 25.3. The molecule has 2 rings (SSSR count). The Bertz CT molecular complexity index is 664. The first-order valence-corrected chi connectivity index (χ1v) is 5.38. The van der Waals surface area contributed by atoms with Crippen molar-refractivity contribution in [1.29, 1.82) is 5.26 Å². The predicted octanol–water partition coefficient (Wildman–Crippen LogP) is 2.09. The van der Waals surface area contributed by atoms with Gasteiger partial charge in [-0.2, -0.15) is 5.26 Å². The van der Waals surface area contributed by atoms with E-state index in [9.17, 15) is 9.59 Å². The number of carboxylic acids is 1. The molecule has 0 saturated carbocycles. The molecule has 0 amide bonds. The van der Waals surface area contributed by atoms with Gasteiger partial charge < -0.3 is 10.1 Å². The number of rotatable bonds is 4. The first kappa shape index (κ1) is 11.9. The lowest BCUT2D eigenvalue weighted by atomic mass is 10.0. The summed E-state index contributed by atoms with van der Waals surface area (Å²) in [5.41, 5.74) is 1.49. The summed E-state index contributed by atoms with van der Waals surface area (Å²) in [6.45, 7) is 0. The summed E-state index contributed by atoms with van der Waals surface area (Å²) < 4.78 is 0. The summed E-state index contributed by atoms with van der Waals surface area (Å²) in [6.07, 6.45) is 1.25. The largest absolute Gasteiger partial charge is 0.481 e. The zero-order chi connectivity index (χ0) is 13.1. The van der Waals surface area contributed by atoms with Gasteiger partial charge in [-0.15, -0.1) is 0 Å². The Morgan fingerprint density at radius 2 is 2.11 bits per heavy atom. The van der Waals surface area contributed by atoms with Gasteiger partial charge in [0.25, 0.3) is 0 Å². The fourth-order valence-electron chi connectivity index (χ4n) is 1.85. The van der Waals surface area contributed by atoms with Gasteiger partial charge in [0, 0.05) is 29.1 Å². The second-order valence-corrected chi connectivity index (χ2v) is 3.86. The molecule has 2 aromatic rings. The van der Waals surface area contributed by atoms with Gasteiger partial charge in [-0.1, -0.05) is 6.07 Å². The summed E-state index contributed by atoms with van der Waals surface area (Å²) in [5.74, 6) is -1.28. The van der Waals surface area contributed by atoms with E-state index in [0.29, 0.717) is 22.0 Å². The van der Waals surface area contributed by atoms with E-state index in [-0.39, 0.29) is 18.6 Å². The van der Waals surface area contributed by atoms with Crippen LogP contribution >= 0.6 is 0 Å². The van der Waals surface area contributed by atoms with Crippen molar-refractivity contribution in [2.24, 2.45) is 0 Å². The number of nitrogens with one attached hydrogen (secondary N) is 1. The number of nitrogens with zero attached hydrogens (tertiary/aromatic N) is 1. The Kier molecular flexibility index (Phi) is 3.11. The van der Waals surface area contributed by atoms with Gasteiger partial charge in [-0.05, 0) is 12.1 Å². The molecular formula is C13H10N2O3. The van der Waals surface area contributed by atoms with E-state index < -0.39 is 5.97 Å². The van der Waals surface area contributed by atoms with E-state index >= 15 is 0 Å². The molecule has 0 aliphatic heterocycles. The van der Waals surface area contributed by atoms with Crippen LogP contribution in [0.5, 0.6) is 0 Å². The highest BCUT2D eigenvalue weighted by atomic mass is 16.4. The van der Waals surface area contributed by atoms with Crippen LogP contribution in [0.4, 0.5) is 0 Å². The van der Waals surface area contributed by atoms with Crippen LogP contribution in [0.3, 0.4) is 0 Å². The Morgan fingerprint density at radius 3 is 2.78 bits per heavy atom. The lowest BCUT2D eigenvalue weighted by molar-refractivity contribution is -0.136. The standard InChI is InChI=1S/C13H10N2O3/c14-6-8-2-1-3-10-13(8)9(7-15-10)11(16)4-5-12(17)18/h1-3,7,15H,4-5H2,(H,17,18). The quantitative estimate of drug-likeness (QED) is 0.802. The molecule has 0 saturated heterocycles. The second-order valence-electron chi connectivity index (χ2n) is 3.86. The molecule has 0 radical (unpaired) electrons. The number of fused-ring (bicyclic) bond motifs is 1. The molecule has 0 aliphatic carbocycles. The monoisotopic (exact) mass is 242 g/mol. The number of Topliss-reactive ketones (excluding diaryl/α,β-unsaturated/α-hetero) is 1. The Hall–Kier alpha value is -2.61. The van der Waals surface area contributed by atoms with E-state index in [4.69, 9.17) is 10.4 Å². The number of ketones is 1. The number of hydrogen-bond acceptors (Lipinski definition) is 3. The third kappa shape index (κ3) is 2.09. The molecule has 0 bridgehead atoms. The van der Waals surface area contributed by atoms with E-state index in [2.05, 4.69) is 4.98 Å². The van der Waals surface area contributed by atoms with Crippen molar-refractivity contribution in [3.05, 3.63) is 35.5 Å². The van der Waals surface area contributed by atoms with Crippen LogP contribution in [0.1, 0.15) is 28.8 Å². The van der Waals surface area contributed by atoms with Crippen molar-refractivity contribution in [2.45, 2.75) is 12.8 Å². The van der Waals surface area contributed by atoms with Gasteiger partial charge in [0.15, 0.2) is 5.78 Å². The van der Waals surface area contributed by atoms with Gasteiger partial charge in [0.1, 0.15) is 0 Å². The maximum atomic E-state index is 11.9. The smallest absolute Gasteiger partial charge is 0.303 e. The van der Waals surface area contributed by atoms with Crippen LogP contribution in [-0.2, 0) is 4.79 Å². The number of carboxylic acid groups (broad SMARTS) is 1. The molecular weight excluding hydrogens is 232 g/mol. The number of benzene rings is 1. The molecule has 90 valence electrons. The summed E-state index contributed by atoms with van der Waals surface area (Å²) >= 11 is 0. The number of nitriles is 1. The van der Waals surface area contributed by atoms with Gasteiger partial charge in [-0.3, -0.25) is 9.59 Å². The molecule has 0 unspecified atom stereocenters. The fraction of sp³-hybridized carbons (Fsp3) is 0.154. The van der Waals surface area contributed by atoms with E-state index in [1.807, 2.05) is 6.07 Å². The van der Waals surface area contributed by atoms with Crippen LogP contribution in [0.25, 0.3) is 10.9 Å². The SMILES string of the molecule is N#Cc1cccc2[nH]cc(C(=O)CCC(=O)O)c12. The third-order valence-electron chi connectivity index (χ3n) is 2.69. The minimum Gasteiger partial charge on any atom is -0.481 e. The molecule has 0 spiro atoms. The van der Waals surface area contributed by atoms with Crippen LogP contribution in [-0.4, -0.2) is 21.8 Å². The fourth-order valence-corrected chi connectivity index (χ4v) is 1.85.